The number of amides is 1. The van der Waals surface area contributed by atoms with Gasteiger partial charge in [-0.2, -0.15) is 0 Å². The Labute approximate surface area is 248 Å². The Bertz CT molecular complexity index is 847. The molecule has 0 aromatic heterocycles. The number of alkyl carbamates (subject to hydrolysis) is 1. The zero-order chi connectivity index (χ0) is 28.9. The molecule has 4 aliphatic carbocycles. The molecule has 0 bridgehead atoms. The summed E-state index contributed by atoms with van der Waals surface area (Å²) in [6.07, 6.45) is 23.0. The van der Waals surface area contributed by atoms with E-state index < -0.39 is 0 Å². The van der Waals surface area contributed by atoms with Gasteiger partial charge in [0.25, 0.3) is 0 Å². The van der Waals surface area contributed by atoms with Crippen molar-refractivity contribution >= 4 is 6.09 Å². The van der Waals surface area contributed by atoms with E-state index in [1.807, 2.05) is 0 Å². The maximum Gasteiger partial charge on any atom is 0.407 e. The minimum atomic E-state index is -0.196. The largest absolute Gasteiger partial charge is 0.446 e. The predicted octanol–water partition coefficient (Wildman–Crippen LogP) is 10.7. The van der Waals surface area contributed by atoms with E-state index in [2.05, 4.69) is 59.9 Å². The molecule has 0 aromatic carbocycles. The van der Waals surface area contributed by atoms with Crippen LogP contribution in [0.25, 0.3) is 0 Å². The third kappa shape index (κ3) is 7.31. The molecule has 4 aliphatic rings. The van der Waals surface area contributed by atoms with E-state index in [-0.39, 0.29) is 12.2 Å². The lowest BCUT2D eigenvalue weighted by Gasteiger charge is -2.58. The molecular formula is C37H65NO2. The number of hydrogen-bond donors (Lipinski definition) is 1. The van der Waals surface area contributed by atoms with Crippen LogP contribution in [-0.4, -0.2) is 18.7 Å². The van der Waals surface area contributed by atoms with Crippen LogP contribution in [0.2, 0.25) is 0 Å². The Hall–Kier alpha value is -0.990. The van der Waals surface area contributed by atoms with Crippen LogP contribution in [0.3, 0.4) is 0 Å². The highest BCUT2D eigenvalue weighted by molar-refractivity contribution is 5.67. The summed E-state index contributed by atoms with van der Waals surface area (Å²) < 4.78 is 5.96. The van der Waals surface area contributed by atoms with Crippen molar-refractivity contribution in [2.45, 2.75) is 157 Å². The highest BCUT2D eigenvalue weighted by Crippen LogP contribution is 2.67. The minimum Gasteiger partial charge on any atom is -0.446 e. The smallest absolute Gasteiger partial charge is 0.407 e. The van der Waals surface area contributed by atoms with Crippen LogP contribution in [0.4, 0.5) is 4.79 Å². The first-order valence-electron chi connectivity index (χ1n) is 17.7. The van der Waals surface area contributed by atoms with Gasteiger partial charge in [-0.1, -0.05) is 105 Å². The number of carbonyl (C=O) groups excluding carboxylic acids is 1. The molecule has 230 valence electrons. The second-order valence-corrected chi connectivity index (χ2v) is 16.1. The molecule has 1 N–H and O–H groups in total. The van der Waals surface area contributed by atoms with Crippen molar-refractivity contribution in [2.75, 3.05) is 6.54 Å². The molecule has 8 atom stereocenters. The van der Waals surface area contributed by atoms with E-state index in [4.69, 9.17) is 4.74 Å². The lowest BCUT2D eigenvalue weighted by atomic mass is 9.47. The van der Waals surface area contributed by atoms with Crippen molar-refractivity contribution in [3.63, 3.8) is 0 Å². The first kappa shape index (κ1) is 31.9. The van der Waals surface area contributed by atoms with Gasteiger partial charge in [0.05, 0.1) is 0 Å². The molecule has 3 heteroatoms. The molecule has 3 nitrogen and oxygen atoms in total. The third-order valence-corrected chi connectivity index (χ3v) is 12.5. The topological polar surface area (TPSA) is 38.3 Å². The third-order valence-electron chi connectivity index (χ3n) is 12.5. The number of unbranched alkanes of at least 4 members (excludes halogenated alkanes) is 3. The van der Waals surface area contributed by atoms with Gasteiger partial charge in [0.15, 0.2) is 0 Å². The number of ether oxygens (including phenoxy) is 1. The predicted molar refractivity (Wildman–Crippen MR) is 169 cm³/mol. The highest BCUT2D eigenvalue weighted by Gasteiger charge is 2.59. The van der Waals surface area contributed by atoms with Crippen LogP contribution in [0.5, 0.6) is 0 Å². The van der Waals surface area contributed by atoms with Gasteiger partial charge in [0.2, 0.25) is 0 Å². The molecule has 0 radical (unpaired) electrons. The molecule has 1 unspecified atom stereocenters. The lowest BCUT2D eigenvalue weighted by molar-refractivity contribution is -0.0581. The molecular weight excluding hydrogens is 490 g/mol. The quantitative estimate of drug-likeness (QED) is 0.181. The summed E-state index contributed by atoms with van der Waals surface area (Å²) >= 11 is 0. The maximum atomic E-state index is 12.5. The van der Waals surface area contributed by atoms with Gasteiger partial charge in [0.1, 0.15) is 6.10 Å². The average Bonchev–Trinajstić information content (AvgIpc) is 3.25. The lowest BCUT2D eigenvalue weighted by Crippen LogP contribution is -2.51. The van der Waals surface area contributed by atoms with E-state index in [0.717, 1.165) is 67.2 Å². The SMILES string of the molecule is CC(C)CCCCCCNC(=O)O[C@H]1CC[C@@]2(C)C(=CCC3[C@@H]4CC[C@H]([C@H](C)CCCC(C)C)[C@@]4(C)CC[C@@H]32)C1. The fourth-order valence-corrected chi connectivity index (χ4v) is 10.2. The second-order valence-electron chi connectivity index (χ2n) is 16.1. The summed E-state index contributed by atoms with van der Waals surface area (Å²) in [7, 11) is 0. The zero-order valence-electron chi connectivity index (χ0n) is 27.5. The number of fused-ring (bicyclic) bond motifs is 5. The minimum absolute atomic E-state index is 0.0540. The van der Waals surface area contributed by atoms with E-state index in [0.29, 0.717) is 10.8 Å². The van der Waals surface area contributed by atoms with Crippen LogP contribution >= 0.6 is 0 Å². The zero-order valence-corrected chi connectivity index (χ0v) is 27.5. The van der Waals surface area contributed by atoms with Crippen molar-refractivity contribution < 1.29 is 9.53 Å². The number of rotatable bonds is 13. The molecule has 40 heavy (non-hydrogen) atoms. The Kier molecular flexibility index (Phi) is 11.2. The molecule has 0 aromatic rings. The van der Waals surface area contributed by atoms with E-state index in [1.165, 1.54) is 83.5 Å². The monoisotopic (exact) mass is 556 g/mol. The van der Waals surface area contributed by atoms with E-state index in [1.54, 1.807) is 5.57 Å². The fraction of sp³-hybridized carbons (Fsp3) is 0.919. The van der Waals surface area contributed by atoms with Crippen molar-refractivity contribution in [1.29, 1.82) is 0 Å². The average molecular weight is 556 g/mol. The molecule has 4 rings (SSSR count). The standard InChI is InChI=1S/C37H65NO2/c1-26(2)13-10-8-9-11-24-38-35(39)40-30-20-22-36(6)29(25-30)16-17-31-33-19-18-32(28(5)15-12-14-27(3)4)37(33,7)23-21-34(31)36/h16,26-28,30-34H,8-15,17-25H2,1-7H3,(H,38,39)/t28-,30+,31?,32-,33+,34+,36+,37-/m1/s1. The summed E-state index contributed by atoms with van der Waals surface area (Å²) in [4.78, 5) is 12.5. The fourth-order valence-electron chi connectivity index (χ4n) is 10.2. The summed E-state index contributed by atoms with van der Waals surface area (Å²) in [6, 6.07) is 0. The van der Waals surface area contributed by atoms with Crippen molar-refractivity contribution in [3.05, 3.63) is 11.6 Å². The number of allylic oxidation sites excluding steroid dienone is 1. The summed E-state index contributed by atoms with van der Waals surface area (Å²) in [5, 5.41) is 3.04. The first-order valence-corrected chi connectivity index (χ1v) is 17.7. The van der Waals surface area contributed by atoms with E-state index >= 15 is 0 Å². The van der Waals surface area contributed by atoms with Crippen LogP contribution in [0.1, 0.15) is 151 Å². The Morgan fingerprint density at radius 2 is 1.60 bits per heavy atom. The van der Waals surface area contributed by atoms with Gasteiger partial charge < -0.3 is 10.1 Å². The van der Waals surface area contributed by atoms with Gasteiger partial charge in [-0.3, -0.25) is 0 Å². The van der Waals surface area contributed by atoms with Crippen LogP contribution < -0.4 is 5.32 Å². The summed E-state index contributed by atoms with van der Waals surface area (Å²) in [5.74, 6) is 6.02. The number of hydrogen-bond acceptors (Lipinski definition) is 2. The molecule has 0 spiro atoms. The molecule has 3 fully saturated rings. The number of carbonyl (C=O) groups is 1. The molecule has 0 heterocycles. The molecule has 1 amide bonds. The number of nitrogens with one attached hydrogen (secondary N) is 1. The highest BCUT2D eigenvalue weighted by atomic mass is 16.6. The first-order chi connectivity index (χ1) is 19.0. The van der Waals surface area contributed by atoms with Crippen molar-refractivity contribution in [3.8, 4) is 0 Å². The van der Waals surface area contributed by atoms with Crippen molar-refractivity contribution in [1.82, 2.24) is 5.32 Å². The molecule has 3 saturated carbocycles. The Morgan fingerprint density at radius 1 is 0.875 bits per heavy atom. The van der Waals surface area contributed by atoms with E-state index in [9.17, 15) is 4.79 Å². The second kappa shape index (κ2) is 14.0. The maximum absolute atomic E-state index is 12.5. The molecule has 0 saturated heterocycles. The van der Waals surface area contributed by atoms with Gasteiger partial charge in [-0.15, -0.1) is 0 Å². The molecule has 0 aliphatic heterocycles. The Morgan fingerprint density at radius 3 is 2.35 bits per heavy atom. The Balaban J connectivity index is 1.27. The summed E-state index contributed by atoms with van der Waals surface area (Å²) in [6.45, 7) is 17.9. The van der Waals surface area contributed by atoms with Crippen molar-refractivity contribution in [2.24, 2.45) is 52.3 Å². The van der Waals surface area contributed by atoms with Crippen LogP contribution in [0, 0.1) is 52.3 Å². The summed E-state index contributed by atoms with van der Waals surface area (Å²) in [5.41, 5.74) is 2.48. The van der Waals surface area contributed by atoms with Gasteiger partial charge >= 0.3 is 6.09 Å². The normalized spacial score (nSPS) is 36.0. The van der Waals surface area contributed by atoms with Crippen LogP contribution in [0.15, 0.2) is 11.6 Å². The van der Waals surface area contributed by atoms with Gasteiger partial charge in [-0.25, -0.2) is 4.79 Å². The van der Waals surface area contributed by atoms with Gasteiger partial charge in [0, 0.05) is 13.0 Å². The van der Waals surface area contributed by atoms with Crippen LogP contribution in [-0.2, 0) is 4.74 Å². The van der Waals surface area contributed by atoms with Gasteiger partial charge in [-0.05, 0) is 104 Å².